The van der Waals surface area contributed by atoms with E-state index in [1.807, 2.05) is 21.1 Å². The molecule has 0 aromatic heterocycles. The van der Waals surface area contributed by atoms with Gasteiger partial charge in [0.2, 0.25) is 0 Å². The number of hydrogen-bond donors (Lipinski definition) is 1. The third-order valence-corrected chi connectivity index (χ3v) is 16.4. The number of nitrogens with zero attached hydrogens (tertiary/aromatic N) is 1. The molecule has 0 saturated heterocycles. The van der Waals surface area contributed by atoms with E-state index in [1.165, 1.54) is 250 Å². The molecule has 2 atom stereocenters. The number of esters is 2. The lowest BCUT2D eigenvalue weighted by atomic mass is 10.0. The third-order valence-electron chi connectivity index (χ3n) is 15.4. The first-order valence-electron chi connectivity index (χ1n) is 34.2. The van der Waals surface area contributed by atoms with Crippen molar-refractivity contribution in [3.05, 3.63) is 36.5 Å². The molecule has 466 valence electrons. The molecule has 0 aromatic rings. The zero-order chi connectivity index (χ0) is 57.7. The quantitative estimate of drug-likeness (QED) is 0.0211. The molecule has 79 heavy (non-hydrogen) atoms. The van der Waals surface area contributed by atoms with Crippen molar-refractivity contribution in [3.63, 3.8) is 0 Å². The molecule has 9 nitrogen and oxygen atoms in total. The summed E-state index contributed by atoms with van der Waals surface area (Å²) in [5.41, 5.74) is 0. The zero-order valence-corrected chi connectivity index (χ0v) is 54.0. The molecule has 0 aliphatic heterocycles. The molecule has 0 aromatic carbocycles. The maximum Gasteiger partial charge on any atom is 0.472 e. The molecule has 0 heterocycles. The molecule has 0 aliphatic carbocycles. The Bertz CT molecular complexity index is 1430. The second-order valence-electron chi connectivity index (χ2n) is 24.6. The van der Waals surface area contributed by atoms with Crippen LogP contribution in [0, 0.1) is 0 Å². The number of phosphoric acid groups is 1. The molecule has 1 N–H and O–H groups in total. The zero-order valence-electron chi connectivity index (χ0n) is 53.1. The predicted octanol–water partition coefficient (Wildman–Crippen LogP) is 21.9. The predicted molar refractivity (Wildman–Crippen MR) is 340 cm³/mol. The van der Waals surface area contributed by atoms with Crippen LogP contribution in [-0.4, -0.2) is 74.9 Å². The Morgan fingerprint density at radius 2 is 0.684 bits per heavy atom. The topological polar surface area (TPSA) is 108 Å². The van der Waals surface area contributed by atoms with Gasteiger partial charge in [-0.3, -0.25) is 18.6 Å². The lowest BCUT2D eigenvalue weighted by molar-refractivity contribution is -0.870. The van der Waals surface area contributed by atoms with Crippen molar-refractivity contribution < 1.29 is 42.1 Å². The SMILES string of the molecule is CCCCCCC/C=C\C/C=C\CCCCCCCCCCCCCCCCCCCCCCCCCCCCCC(=O)OC(COC(=O)CCCCCCC/C=C\CCCCCCCCC)COP(=O)(O)OCC[N+](C)(C)C. The van der Waals surface area contributed by atoms with Gasteiger partial charge in [-0.2, -0.15) is 0 Å². The van der Waals surface area contributed by atoms with Crippen molar-refractivity contribution in [1.29, 1.82) is 0 Å². The first kappa shape index (κ1) is 77.2. The summed E-state index contributed by atoms with van der Waals surface area (Å²) in [5, 5.41) is 0. The smallest absolute Gasteiger partial charge is 0.462 e. The van der Waals surface area contributed by atoms with Crippen molar-refractivity contribution in [1.82, 2.24) is 0 Å². The summed E-state index contributed by atoms with van der Waals surface area (Å²) < 4.78 is 34.6. The van der Waals surface area contributed by atoms with E-state index in [9.17, 15) is 19.0 Å². The van der Waals surface area contributed by atoms with E-state index >= 15 is 0 Å². The van der Waals surface area contributed by atoms with Gasteiger partial charge in [-0.05, 0) is 70.6 Å². The van der Waals surface area contributed by atoms with Gasteiger partial charge in [0.25, 0.3) is 0 Å². The summed E-state index contributed by atoms with van der Waals surface area (Å²) in [7, 11) is 1.49. The van der Waals surface area contributed by atoms with E-state index in [1.54, 1.807) is 0 Å². The van der Waals surface area contributed by atoms with Crippen LogP contribution in [0.2, 0.25) is 0 Å². The molecule has 2 unspecified atom stereocenters. The summed E-state index contributed by atoms with van der Waals surface area (Å²) in [4.78, 5) is 35.7. The number of hydrogen-bond acceptors (Lipinski definition) is 7. The highest BCUT2D eigenvalue weighted by molar-refractivity contribution is 7.47. The molecule has 0 rings (SSSR count). The highest BCUT2D eigenvalue weighted by atomic mass is 31.2. The van der Waals surface area contributed by atoms with Crippen LogP contribution < -0.4 is 0 Å². The number of quaternary nitrogens is 1. The number of unbranched alkanes of at least 4 members (excludes halogenated alkanes) is 44. The minimum Gasteiger partial charge on any atom is -0.462 e. The Morgan fingerprint density at radius 1 is 0.392 bits per heavy atom. The molecule has 0 fully saturated rings. The Hall–Kier alpha value is -1.77. The molecule has 0 spiro atoms. The van der Waals surface area contributed by atoms with Crippen LogP contribution in [0.25, 0.3) is 0 Å². The number of carbonyl (C=O) groups is 2. The lowest BCUT2D eigenvalue weighted by Gasteiger charge is -2.24. The molecule has 0 aliphatic rings. The summed E-state index contributed by atoms with van der Waals surface area (Å²) in [6.45, 7) is 4.46. The summed E-state index contributed by atoms with van der Waals surface area (Å²) >= 11 is 0. The molecule has 0 radical (unpaired) electrons. The van der Waals surface area contributed by atoms with Gasteiger partial charge in [-0.25, -0.2) is 4.57 Å². The van der Waals surface area contributed by atoms with Crippen LogP contribution in [0.5, 0.6) is 0 Å². The van der Waals surface area contributed by atoms with Crippen LogP contribution in [0.1, 0.15) is 341 Å². The Labute approximate surface area is 491 Å². The van der Waals surface area contributed by atoms with Gasteiger partial charge in [0.15, 0.2) is 6.10 Å². The monoisotopic (exact) mass is 1130 g/mol. The Balaban J connectivity index is 3.89. The molecular formula is C69H133NO8P+. The van der Waals surface area contributed by atoms with Crippen LogP contribution in [0.15, 0.2) is 36.5 Å². The second-order valence-corrected chi connectivity index (χ2v) is 26.0. The number of carbonyl (C=O) groups excluding carboxylic acids is 2. The minimum atomic E-state index is -4.39. The lowest BCUT2D eigenvalue weighted by Crippen LogP contribution is -2.37. The van der Waals surface area contributed by atoms with Crippen LogP contribution >= 0.6 is 7.82 Å². The van der Waals surface area contributed by atoms with Crippen LogP contribution in [-0.2, 0) is 32.7 Å². The average Bonchev–Trinajstić information content (AvgIpc) is 3.41. The highest BCUT2D eigenvalue weighted by Gasteiger charge is 2.27. The maximum absolute atomic E-state index is 12.8. The fourth-order valence-corrected chi connectivity index (χ4v) is 10.8. The Kier molecular flexibility index (Phi) is 59.4. The normalized spacial score (nSPS) is 13.3. The molecule has 0 bridgehead atoms. The molecule has 10 heteroatoms. The van der Waals surface area contributed by atoms with Gasteiger partial charge in [-0.15, -0.1) is 0 Å². The highest BCUT2D eigenvalue weighted by Crippen LogP contribution is 2.43. The fraction of sp³-hybridized carbons (Fsp3) is 0.884. The van der Waals surface area contributed by atoms with E-state index in [-0.39, 0.29) is 32.0 Å². The van der Waals surface area contributed by atoms with Gasteiger partial charge >= 0.3 is 19.8 Å². The third kappa shape index (κ3) is 65.3. The molecular weight excluding hydrogens is 1000 g/mol. The average molecular weight is 1140 g/mol. The van der Waals surface area contributed by atoms with E-state index in [0.717, 1.165) is 57.8 Å². The van der Waals surface area contributed by atoms with Crippen molar-refractivity contribution in [2.75, 3.05) is 47.5 Å². The number of likely N-dealkylation sites (N-methyl/N-ethyl adjacent to an activating group) is 1. The van der Waals surface area contributed by atoms with Crippen molar-refractivity contribution in [2.45, 2.75) is 347 Å². The fourth-order valence-electron chi connectivity index (χ4n) is 10.1. The second kappa shape index (κ2) is 60.8. The van der Waals surface area contributed by atoms with Gasteiger partial charge in [0.05, 0.1) is 27.7 Å². The van der Waals surface area contributed by atoms with Crippen molar-refractivity contribution in [2.24, 2.45) is 0 Å². The van der Waals surface area contributed by atoms with Gasteiger partial charge in [0, 0.05) is 12.8 Å². The van der Waals surface area contributed by atoms with Crippen LogP contribution in [0.4, 0.5) is 0 Å². The Morgan fingerprint density at radius 3 is 1.01 bits per heavy atom. The minimum absolute atomic E-state index is 0.0330. The largest absolute Gasteiger partial charge is 0.472 e. The summed E-state index contributed by atoms with van der Waals surface area (Å²) in [5.74, 6) is -0.790. The molecule has 0 amide bonds. The number of rotatable bonds is 64. The van der Waals surface area contributed by atoms with Gasteiger partial charge in [-0.1, -0.05) is 294 Å². The first-order chi connectivity index (χ1) is 38.5. The summed E-state index contributed by atoms with van der Waals surface area (Å²) in [6, 6.07) is 0. The van der Waals surface area contributed by atoms with Crippen LogP contribution in [0.3, 0.4) is 0 Å². The summed E-state index contributed by atoms with van der Waals surface area (Å²) in [6.07, 6.45) is 77.0. The molecule has 0 saturated carbocycles. The van der Waals surface area contributed by atoms with Gasteiger partial charge in [0.1, 0.15) is 19.8 Å². The number of phosphoric ester groups is 1. The first-order valence-corrected chi connectivity index (χ1v) is 35.7. The van der Waals surface area contributed by atoms with E-state index < -0.39 is 26.5 Å². The van der Waals surface area contributed by atoms with Crippen molar-refractivity contribution >= 4 is 19.8 Å². The van der Waals surface area contributed by atoms with Gasteiger partial charge < -0.3 is 18.9 Å². The van der Waals surface area contributed by atoms with E-state index in [2.05, 4.69) is 50.3 Å². The van der Waals surface area contributed by atoms with E-state index in [0.29, 0.717) is 17.4 Å². The maximum atomic E-state index is 12.8. The number of ether oxygens (including phenoxy) is 2. The number of allylic oxidation sites excluding steroid dienone is 6. The standard InChI is InChI=1S/C69H132NO8P/c1-6-8-10-12-14-16-18-20-22-24-25-26-27-28-29-30-31-32-33-34-35-36-37-38-39-40-41-42-43-44-45-46-48-50-52-54-56-58-60-62-69(72)78-67(66-77-79(73,74)76-64-63-70(3,4)5)65-75-68(71)61-59-57-55-53-51-49-47-23-21-19-17-15-13-11-9-7-2/h18,20,23-25,47,67H,6-17,19,21-22,26-46,48-66H2,1-5H3/p+1/b20-18-,25-24-,47-23-. The van der Waals surface area contributed by atoms with E-state index in [4.69, 9.17) is 18.5 Å². The van der Waals surface area contributed by atoms with Crippen molar-refractivity contribution in [3.8, 4) is 0 Å².